The molecule has 0 aliphatic carbocycles. The molecule has 1 fully saturated rings. The molecule has 8 heteroatoms. The van der Waals surface area contributed by atoms with E-state index in [2.05, 4.69) is 45.1 Å². The molecular weight excluding hydrogens is 550 g/mol. The predicted molar refractivity (Wildman–Crippen MR) is 178 cm³/mol. The maximum Gasteiger partial charge on any atom is 0.409 e. The molecule has 0 unspecified atom stereocenters. The largest absolute Gasteiger partial charge is 0.465 e. The van der Waals surface area contributed by atoms with E-state index in [1.165, 1.54) is 16.8 Å². The molecule has 2 heterocycles. The molecule has 2 aliphatic heterocycles. The number of carbonyl (C=O) groups excluding carboxylic acids is 1. The van der Waals surface area contributed by atoms with Crippen molar-refractivity contribution >= 4 is 23.4 Å². The van der Waals surface area contributed by atoms with Gasteiger partial charge in [0.25, 0.3) is 0 Å². The van der Waals surface area contributed by atoms with Crippen molar-refractivity contribution in [3.8, 4) is 11.1 Å². The number of para-hydroxylation sites is 1. The molecule has 5 rings (SSSR count). The average Bonchev–Trinajstić information content (AvgIpc) is 3.05. The summed E-state index contributed by atoms with van der Waals surface area (Å²) in [5.41, 5.74) is 7.73. The fourth-order valence-corrected chi connectivity index (χ4v) is 6.49. The number of rotatable bonds is 13. The lowest BCUT2D eigenvalue weighted by Crippen LogP contribution is -2.40. The molecule has 2 aliphatic rings. The molecule has 4 N–H and O–H groups in total. The van der Waals surface area contributed by atoms with E-state index in [4.69, 9.17) is 0 Å². The summed E-state index contributed by atoms with van der Waals surface area (Å²) in [4.78, 5) is 28.7. The van der Waals surface area contributed by atoms with Gasteiger partial charge in [0.1, 0.15) is 0 Å². The number of nitrogens with one attached hydrogen (secondary N) is 3. The lowest BCUT2D eigenvalue weighted by atomic mass is 9.86. The lowest BCUT2D eigenvalue weighted by molar-refractivity contribution is -0.130. The van der Waals surface area contributed by atoms with Crippen LogP contribution in [0.5, 0.6) is 0 Å². The molecule has 44 heavy (non-hydrogen) atoms. The second kappa shape index (κ2) is 15.7. The van der Waals surface area contributed by atoms with E-state index in [-0.39, 0.29) is 11.8 Å². The summed E-state index contributed by atoms with van der Waals surface area (Å²) in [6.07, 6.45) is 5.58. The van der Waals surface area contributed by atoms with Crippen molar-refractivity contribution in [2.24, 2.45) is 0 Å². The van der Waals surface area contributed by atoms with Crippen LogP contribution in [0.3, 0.4) is 0 Å². The highest BCUT2D eigenvalue weighted by Crippen LogP contribution is 2.39. The Hall–Kier alpha value is -3.88. The van der Waals surface area contributed by atoms with Crippen LogP contribution in [-0.2, 0) is 17.8 Å². The van der Waals surface area contributed by atoms with Gasteiger partial charge in [0.15, 0.2) is 0 Å². The smallest absolute Gasteiger partial charge is 0.409 e. The van der Waals surface area contributed by atoms with Crippen molar-refractivity contribution in [3.05, 3.63) is 83.4 Å². The SMILES string of the molecule is CN(CCN1CCC(c2cccc(-c3ccccc3)c2NC(=O)O)CC1)C(=O)CCCCCNc1ccc2c(c1)CCNC2. The molecule has 234 valence electrons. The zero-order valence-corrected chi connectivity index (χ0v) is 26.0. The Balaban J connectivity index is 1.01. The number of benzene rings is 3. The van der Waals surface area contributed by atoms with Crippen molar-refractivity contribution in [1.29, 1.82) is 0 Å². The Bertz CT molecular complexity index is 1390. The molecule has 8 nitrogen and oxygen atoms in total. The highest BCUT2D eigenvalue weighted by molar-refractivity contribution is 5.92. The van der Waals surface area contributed by atoms with Crippen molar-refractivity contribution in [2.45, 2.75) is 57.4 Å². The monoisotopic (exact) mass is 597 g/mol. The van der Waals surface area contributed by atoms with Crippen LogP contribution in [-0.4, -0.2) is 73.2 Å². The van der Waals surface area contributed by atoms with E-state index < -0.39 is 6.09 Å². The van der Waals surface area contributed by atoms with E-state index in [0.717, 1.165) is 101 Å². The Morgan fingerprint density at radius 2 is 1.80 bits per heavy atom. The summed E-state index contributed by atoms with van der Waals surface area (Å²) >= 11 is 0. The van der Waals surface area contributed by atoms with E-state index in [1.807, 2.05) is 54.4 Å². The minimum absolute atomic E-state index is 0.221. The molecular formula is C36H47N5O3. The van der Waals surface area contributed by atoms with E-state index >= 15 is 0 Å². The van der Waals surface area contributed by atoms with Gasteiger partial charge in [-0.3, -0.25) is 10.1 Å². The standard InChI is InChI=1S/C36H47N5O3/c1-40(34(42)13-6-3-7-19-38-31-15-14-30-26-37-20-16-29(30)25-31)23-24-41-21-17-28(18-22-41)33-12-8-11-32(35(33)39-36(43)44)27-9-4-2-5-10-27/h2,4-5,8-12,14-15,25,28,37-39H,3,6-7,13,16-24,26H2,1H3,(H,43,44). The van der Waals surface area contributed by atoms with E-state index in [9.17, 15) is 14.7 Å². The quantitative estimate of drug-likeness (QED) is 0.170. The number of hydrogen-bond acceptors (Lipinski definition) is 5. The van der Waals surface area contributed by atoms with Gasteiger partial charge in [-0.15, -0.1) is 0 Å². The summed E-state index contributed by atoms with van der Waals surface area (Å²) < 4.78 is 0. The summed E-state index contributed by atoms with van der Waals surface area (Å²) in [5, 5.41) is 19.2. The van der Waals surface area contributed by atoms with Crippen LogP contribution in [0.1, 0.15) is 61.1 Å². The van der Waals surface area contributed by atoms with Gasteiger partial charge in [-0.1, -0.05) is 61.0 Å². The van der Waals surface area contributed by atoms with Gasteiger partial charge in [-0.2, -0.15) is 0 Å². The topological polar surface area (TPSA) is 96.9 Å². The zero-order chi connectivity index (χ0) is 30.7. The Morgan fingerprint density at radius 3 is 2.59 bits per heavy atom. The minimum atomic E-state index is -1.04. The van der Waals surface area contributed by atoms with Crippen LogP contribution < -0.4 is 16.0 Å². The molecule has 0 bridgehead atoms. The van der Waals surface area contributed by atoms with Gasteiger partial charge in [-0.25, -0.2) is 4.79 Å². The van der Waals surface area contributed by atoms with Crippen molar-refractivity contribution in [3.63, 3.8) is 0 Å². The molecule has 3 aromatic carbocycles. The summed E-state index contributed by atoms with van der Waals surface area (Å²) in [6, 6.07) is 22.7. The van der Waals surface area contributed by atoms with Crippen molar-refractivity contribution in [1.82, 2.24) is 15.1 Å². The van der Waals surface area contributed by atoms with Gasteiger partial charge < -0.3 is 25.5 Å². The average molecular weight is 598 g/mol. The molecule has 0 saturated carbocycles. The molecule has 2 amide bonds. The van der Waals surface area contributed by atoms with E-state index in [0.29, 0.717) is 12.1 Å². The lowest BCUT2D eigenvalue weighted by Gasteiger charge is -2.34. The second-order valence-electron chi connectivity index (χ2n) is 12.1. The van der Waals surface area contributed by atoms with Crippen LogP contribution in [0.25, 0.3) is 11.1 Å². The second-order valence-corrected chi connectivity index (χ2v) is 12.1. The summed E-state index contributed by atoms with van der Waals surface area (Å²) in [6.45, 7) is 6.41. The number of anilines is 2. The maximum absolute atomic E-state index is 12.7. The van der Waals surface area contributed by atoms with Crippen LogP contribution in [0, 0.1) is 0 Å². The number of likely N-dealkylation sites (N-methyl/N-ethyl adjacent to an activating group) is 1. The van der Waals surface area contributed by atoms with Crippen LogP contribution >= 0.6 is 0 Å². The number of piperidine rings is 1. The Morgan fingerprint density at radius 1 is 0.977 bits per heavy atom. The maximum atomic E-state index is 12.7. The van der Waals surface area contributed by atoms with Crippen LogP contribution in [0.4, 0.5) is 16.2 Å². The summed E-state index contributed by atoms with van der Waals surface area (Å²) in [7, 11) is 1.92. The third-order valence-corrected chi connectivity index (χ3v) is 9.11. The highest BCUT2D eigenvalue weighted by atomic mass is 16.4. The predicted octanol–water partition coefficient (Wildman–Crippen LogP) is 6.40. The van der Waals surface area contributed by atoms with Gasteiger partial charge in [0, 0.05) is 50.9 Å². The third-order valence-electron chi connectivity index (χ3n) is 9.11. The molecule has 0 radical (unpaired) electrons. The normalized spacial score (nSPS) is 15.4. The highest BCUT2D eigenvalue weighted by Gasteiger charge is 2.25. The van der Waals surface area contributed by atoms with Gasteiger partial charge >= 0.3 is 6.09 Å². The van der Waals surface area contributed by atoms with Crippen molar-refractivity contribution in [2.75, 3.05) is 56.9 Å². The first kappa shape index (κ1) is 31.5. The van der Waals surface area contributed by atoms with Gasteiger partial charge in [0.2, 0.25) is 5.91 Å². The van der Waals surface area contributed by atoms with Crippen molar-refractivity contribution < 1.29 is 14.7 Å². The van der Waals surface area contributed by atoms with Gasteiger partial charge in [0.05, 0.1) is 5.69 Å². The molecule has 1 saturated heterocycles. The number of hydrogen-bond donors (Lipinski definition) is 4. The number of carbonyl (C=O) groups is 2. The zero-order valence-electron chi connectivity index (χ0n) is 26.0. The number of likely N-dealkylation sites (tertiary alicyclic amines) is 1. The number of amides is 2. The molecule has 0 atom stereocenters. The molecule has 0 aromatic heterocycles. The Labute approximate surface area is 261 Å². The number of unbranched alkanes of at least 4 members (excludes halogenated alkanes) is 2. The van der Waals surface area contributed by atoms with Gasteiger partial charge in [-0.05, 0) is 92.0 Å². The number of carboxylic acid groups (broad SMARTS) is 1. The number of nitrogens with zero attached hydrogens (tertiary/aromatic N) is 2. The van der Waals surface area contributed by atoms with Crippen LogP contribution in [0.2, 0.25) is 0 Å². The third kappa shape index (κ3) is 8.61. The molecule has 3 aromatic rings. The summed E-state index contributed by atoms with van der Waals surface area (Å²) in [5.74, 6) is 0.508. The first-order chi connectivity index (χ1) is 21.5. The molecule has 0 spiro atoms. The fraction of sp³-hybridized carbons (Fsp3) is 0.444. The Kier molecular flexibility index (Phi) is 11.3. The van der Waals surface area contributed by atoms with E-state index in [1.54, 1.807) is 0 Å². The first-order valence-electron chi connectivity index (χ1n) is 16.2. The van der Waals surface area contributed by atoms with Crippen LogP contribution in [0.15, 0.2) is 66.7 Å². The number of fused-ring (bicyclic) bond motifs is 1. The fourth-order valence-electron chi connectivity index (χ4n) is 6.49. The minimum Gasteiger partial charge on any atom is -0.465 e. The first-order valence-corrected chi connectivity index (χ1v) is 16.2.